The van der Waals surface area contributed by atoms with Crippen LogP contribution in [0, 0.1) is 5.82 Å². The molecule has 46 heavy (non-hydrogen) atoms. The molecular formula is C36H31ClFN3O4S. The number of thioether (sulfide) groups is 1. The number of fused-ring (bicyclic) bond motifs is 1. The van der Waals surface area contributed by atoms with Crippen molar-refractivity contribution in [1.29, 1.82) is 0 Å². The molecule has 5 aromatic rings. The summed E-state index contributed by atoms with van der Waals surface area (Å²) in [4.78, 5) is 30.7. The molecular weight excluding hydrogens is 625 g/mol. The highest BCUT2D eigenvalue weighted by molar-refractivity contribution is 7.99. The number of aromatic nitrogens is 2. The Kier molecular flexibility index (Phi) is 8.44. The van der Waals surface area contributed by atoms with Gasteiger partial charge in [-0.2, -0.15) is 11.8 Å². The number of benzene rings is 4. The summed E-state index contributed by atoms with van der Waals surface area (Å²) in [5.41, 5.74) is 5.35. The van der Waals surface area contributed by atoms with Gasteiger partial charge in [-0.15, -0.1) is 0 Å². The minimum Gasteiger partial charge on any atom is -0.489 e. The molecule has 10 heteroatoms. The first kappa shape index (κ1) is 30.3. The molecule has 2 saturated heterocycles. The number of rotatable bonds is 8. The van der Waals surface area contributed by atoms with Crippen LogP contribution < -0.4 is 9.64 Å². The zero-order valence-corrected chi connectivity index (χ0v) is 26.5. The van der Waals surface area contributed by atoms with Gasteiger partial charge in [0.25, 0.3) is 0 Å². The van der Waals surface area contributed by atoms with Crippen molar-refractivity contribution in [2.24, 2.45) is 0 Å². The van der Waals surface area contributed by atoms with Crippen LogP contribution in [0.2, 0.25) is 5.02 Å². The number of hydrogen-bond acceptors (Lipinski definition) is 5. The third kappa shape index (κ3) is 5.97. The average molecular weight is 656 g/mol. The van der Waals surface area contributed by atoms with Crippen molar-refractivity contribution in [3.63, 3.8) is 0 Å². The molecule has 2 fully saturated rings. The van der Waals surface area contributed by atoms with Gasteiger partial charge in [-0.05, 0) is 102 Å². The van der Waals surface area contributed by atoms with Gasteiger partial charge in [-0.3, -0.25) is 4.79 Å². The largest absolute Gasteiger partial charge is 0.489 e. The SMILES string of the molecule is O=C(O)c1ccc2c(c1)nc(-c1ccc(OCc3cc(N4CCCC4=O)ccc3-c3ccc(Cl)cc3)cc1F)n2C1CCSCC1. The molecule has 0 saturated carbocycles. The maximum atomic E-state index is 16.0. The van der Waals surface area contributed by atoms with Crippen molar-refractivity contribution in [3.8, 4) is 28.3 Å². The molecule has 2 aliphatic heterocycles. The van der Waals surface area contributed by atoms with Crippen molar-refractivity contribution in [1.82, 2.24) is 9.55 Å². The van der Waals surface area contributed by atoms with Crippen LogP contribution in [-0.2, 0) is 11.4 Å². The summed E-state index contributed by atoms with van der Waals surface area (Å²) in [6, 6.07) is 23.2. The highest BCUT2D eigenvalue weighted by Gasteiger charge is 2.26. The smallest absolute Gasteiger partial charge is 0.335 e. The van der Waals surface area contributed by atoms with Gasteiger partial charge in [0.2, 0.25) is 5.91 Å². The minimum absolute atomic E-state index is 0.0981. The van der Waals surface area contributed by atoms with E-state index in [0.29, 0.717) is 40.6 Å². The molecule has 0 bridgehead atoms. The van der Waals surface area contributed by atoms with Crippen LogP contribution in [0.4, 0.5) is 10.1 Å². The zero-order valence-electron chi connectivity index (χ0n) is 24.9. The van der Waals surface area contributed by atoms with Crippen LogP contribution in [-0.4, -0.2) is 44.6 Å². The van der Waals surface area contributed by atoms with Gasteiger partial charge in [0.15, 0.2) is 0 Å². The highest BCUT2D eigenvalue weighted by Crippen LogP contribution is 2.37. The Morgan fingerprint density at radius 3 is 2.50 bits per heavy atom. The summed E-state index contributed by atoms with van der Waals surface area (Å²) in [7, 11) is 0. The van der Waals surface area contributed by atoms with Gasteiger partial charge in [-0.1, -0.05) is 29.8 Å². The maximum Gasteiger partial charge on any atom is 0.335 e. The Labute approximate surface area is 275 Å². The van der Waals surface area contributed by atoms with E-state index in [0.717, 1.165) is 58.7 Å². The molecule has 234 valence electrons. The van der Waals surface area contributed by atoms with Crippen molar-refractivity contribution in [2.75, 3.05) is 23.0 Å². The molecule has 1 amide bonds. The Hall–Kier alpha value is -4.34. The molecule has 7 rings (SSSR count). The zero-order chi connectivity index (χ0) is 31.8. The lowest BCUT2D eigenvalue weighted by atomic mass is 9.99. The van der Waals surface area contributed by atoms with E-state index in [2.05, 4.69) is 4.57 Å². The van der Waals surface area contributed by atoms with Crippen molar-refractivity contribution >= 4 is 52.0 Å². The van der Waals surface area contributed by atoms with Crippen LogP contribution in [0.15, 0.2) is 78.9 Å². The molecule has 1 aromatic heterocycles. The van der Waals surface area contributed by atoms with Gasteiger partial charge < -0.3 is 19.3 Å². The predicted molar refractivity (Wildman–Crippen MR) is 180 cm³/mol. The summed E-state index contributed by atoms with van der Waals surface area (Å²) in [6.45, 7) is 0.830. The van der Waals surface area contributed by atoms with E-state index in [-0.39, 0.29) is 24.1 Å². The third-order valence-electron chi connectivity index (χ3n) is 8.70. The number of hydrogen-bond donors (Lipinski definition) is 1. The number of aromatic carboxylic acids is 1. The first-order valence-corrected chi connectivity index (χ1v) is 16.8. The van der Waals surface area contributed by atoms with Crippen LogP contribution in [0.3, 0.4) is 0 Å². The first-order valence-electron chi connectivity index (χ1n) is 15.3. The summed E-state index contributed by atoms with van der Waals surface area (Å²) in [5, 5.41) is 10.2. The van der Waals surface area contributed by atoms with Crippen molar-refractivity contribution < 1.29 is 23.8 Å². The summed E-state index contributed by atoms with van der Waals surface area (Å²) >= 11 is 8.04. The fourth-order valence-corrected chi connectivity index (χ4v) is 7.57. The van der Waals surface area contributed by atoms with Crippen LogP contribution in [0.25, 0.3) is 33.5 Å². The Morgan fingerprint density at radius 2 is 1.78 bits per heavy atom. The number of anilines is 1. The number of imidazole rings is 1. The van der Waals surface area contributed by atoms with Crippen LogP contribution in [0.1, 0.15) is 47.6 Å². The second-order valence-corrected chi connectivity index (χ2v) is 13.2. The number of carboxylic acid groups (broad SMARTS) is 1. The number of carbonyl (C=O) groups excluding carboxylic acids is 1. The molecule has 0 spiro atoms. The number of amides is 1. The van der Waals surface area contributed by atoms with Gasteiger partial charge in [0.05, 0.1) is 22.2 Å². The highest BCUT2D eigenvalue weighted by atomic mass is 35.5. The van der Waals surface area contributed by atoms with E-state index in [1.807, 2.05) is 54.2 Å². The van der Waals surface area contributed by atoms with E-state index in [9.17, 15) is 14.7 Å². The molecule has 0 atom stereocenters. The maximum absolute atomic E-state index is 16.0. The number of nitrogens with zero attached hydrogens (tertiary/aromatic N) is 3. The third-order valence-corrected chi connectivity index (χ3v) is 10.00. The van der Waals surface area contributed by atoms with Crippen molar-refractivity contribution in [3.05, 3.63) is 101 Å². The molecule has 7 nitrogen and oxygen atoms in total. The predicted octanol–water partition coefficient (Wildman–Crippen LogP) is 8.63. The minimum atomic E-state index is -1.03. The second kappa shape index (κ2) is 12.8. The summed E-state index contributed by atoms with van der Waals surface area (Å²) < 4.78 is 24.2. The average Bonchev–Trinajstić information content (AvgIpc) is 3.67. The number of carbonyl (C=O) groups is 2. The Morgan fingerprint density at radius 1 is 1.00 bits per heavy atom. The fraction of sp³-hybridized carbons (Fsp3) is 0.250. The normalized spacial score (nSPS) is 15.5. The molecule has 0 unspecified atom stereocenters. The Bertz CT molecular complexity index is 1960. The number of carboxylic acids is 1. The molecule has 3 heterocycles. The summed E-state index contributed by atoms with van der Waals surface area (Å²) in [6.07, 6.45) is 3.20. The lowest BCUT2D eigenvalue weighted by molar-refractivity contribution is -0.117. The Balaban J connectivity index is 1.21. The van der Waals surface area contributed by atoms with Gasteiger partial charge in [-0.25, -0.2) is 14.2 Å². The van der Waals surface area contributed by atoms with Crippen LogP contribution >= 0.6 is 23.4 Å². The molecule has 0 aliphatic carbocycles. The lowest BCUT2D eigenvalue weighted by Gasteiger charge is -2.25. The standard InChI is InChI=1S/C36H31ClFN3O4S/c37-25-6-3-22(4-7-25)29-10-8-27(40-15-1-2-34(40)42)18-24(29)21-45-28-9-11-30(31(38)20-28)35-39-32-19-23(36(43)44)5-12-33(32)41(35)26-13-16-46-17-14-26/h3-12,18-20,26H,1-2,13-17,21H2,(H,43,44). The lowest BCUT2D eigenvalue weighted by Crippen LogP contribution is -2.23. The summed E-state index contributed by atoms with van der Waals surface area (Å²) in [5.74, 6) is 1.42. The van der Waals surface area contributed by atoms with Crippen LogP contribution in [0.5, 0.6) is 5.75 Å². The molecule has 4 aromatic carbocycles. The van der Waals surface area contributed by atoms with E-state index in [4.69, 9.17) is 21.3 Å². The fourth-order valence-electron chi connectivity index (χ4n) is 6.36. The van der Waals surface area contributed by atoms with Gasteiger partial charge in [0, 0.05) is 35.8 Å². The number of halogens is 2. The molecule has 1 N–H and O–H groups in total. The quantitative estimate of drug-likeness (QED) is 0.180. The molecule has 2 aliphatic rings. The van der Waals surface area contributed by atoms with E-state index in [1.165, 1.54) is 6.07 Å². The topological polar surface area (TPSA) is 84.7 Å². The van der Waals surface area contributed by atoms with E-state index in [1.54, 1.807) is 35.2 Å². The van der Waals surface area contributed by atoms with Gasteiger partial charge in [0.1, 0.15) is 24.0 Å². The molecule has 0 radical (unpaired) electrons. The van der Waals surface area contributed by atoms with Gasteiger partial charge >= 0.3 is 5.97 Å². The first-order chi connectivity index (χ1) is 22.4. The van der Waals surface area contributed by atoms with E-state index >= 15 is 4.39 Å². The monoisotopic (exact) mass is 655 g/mol. The second-order valence-electron chi connectivity index (χ2n) is 11.6. The van der Waals surface area contributed by atoms with Crippen molar-refractivity contribution in [2.45, 2.75) is 38.3 Å². The van der Waals surface area contributed by atoms with E-state index < -0.39 is 11.8 Å². The number of ether oxygens (including phenoxy) is 1.